The third-order valence-corrected chi connectivity index (χ3v) is 3.61. The van der Waals surface area contributed by atoms with Crippen LogP contribution >= 0.6 is 11.6 Å². The Bertz CT molecular complexity index is 843. The highest BCUT2D eigenvalue weighted by atomic mass is 35.5. The second-order valence-corrected chi connectivity index (χ2v) is 5.73. The molecule has 1 aromatic carbocycles. The third kappa shape index (κ3) is 3.41. The summed E-state index contributed by atoms with van der Waals surface area (Å²) in [5.74, 6) is -3.60. The lowest BCUT2D eigenvalue weighted by atomic mass is 10.0. The van der Waals surface area contributed by atoms with E-state index in [1.165, 1.54) is 36.9 Å². The summed E-state index contributed by atoms with van der Waals surface area (Å²) in [7, 11) is 0. The van der Waals surface area contributed by atoms with Crippen molar-refractivity contribution in [1.29, 1.82) is 0 Å². The fourth-order valence-corrected chi connectivity index (χ4v) is 2.56. The highest BCUT2D eigenvalue weighted by molar-refractivity contribution is 6.29. The average Bonchev–Trinajstić information content (AvgIpc) is 2.97. The molecule has 0 saturated heterocycles. The van der Waals surface area contributed by atoms with E-state index in [1.54, 1.807) is 0 Å². The average molecular weight is 353 g/mol. The molecule has 8 heteroatoms. The van der Waals surface area contributed by atoms with Crippen molar-refractivity contribution in [3.05, 3.63) is 65.6 Å². The van der Waals surface area contributed by atoms with Crippen LogP contribution in [0.15, 0.2) is 49.1 Å². The Balaban J connectivity index is 2.02. The van der Waals surface area contributed by atoms with Gasteiger partial charge in [-0.3, -0.25) is 9.67 Å². The van der Waals surface area contributed by atoms with Crippen LogP contribution in [-0.4, -0.2) is 25.7 Å². The lowest BCUT2D eigenvalue weighted by molar-refractivity contribution is -0.0217. The van der Waals surface area contributed by atoms with Crippen LogP contribution in [0.2, 0.25) is 5.15 Å². The van der Waals surface area contributed by atoms with E-state index in [9.17, 15) is 13.2 Å². The quantitative estimate of drug-likeness (QED) is 0.700. The number of hydrogen-bond acceptors (Lipinski definition) is 3. The van der Waals surface area contributed by atoms with Gasteiger partial charge >= 0.3 is 0 Å². The van der Waals surface area contributed by atoms with Gasteiger partial charge in [-0.2, -0.15) is 5.10 Å². The normalized spacial score (nSPS) is 13.0. The summed E-state index contributed by atoms with van der Waals surface area (Å²) < 4.78 is 42.5. The number of rotatable bonds is 4. The minimum Gasteiger partial charge on any atom is -0.259 e. The summed E-state index contributed by atoms with van der Waals surface area (Å²) in [4.78, 5) is 7.99. The number of hydrogen-bond donors (Lipinski definition) is 0. The molecule has 0 aliphatic rings. The standard InChI is InChI=1S/C16H12ClF3N4/c1-16(19,20)15(10-2-4-12(18)5-3-10)24-9-11(6-22-24)13-7-21-8-14(17)23-13/h2-9,15H,1H3. The zero-order valence-corrected chi connectivity index (χ0v) is 13.3. The van der Waals surface area contributed by atoms with Gasteiger partial charge in [0.15, 0.2) is 0 Å². The summed E-state index contributed by atoms with van der Waals surface area (Å²) >= 11 is 5.79. The van der Waals surface area contributed by atoms with E-state index in [1.807, 2.05) is 0 Å². The van der Waals surface area contributed by atoms with Crippen molar-refractivity contribution in [1.82, 2.24) is 19.7 Å². The number of halogens is 4. The number of alkyl halides is 2. The van der Waals surface area contributed by atoms with E-state index in [0.29, 0.717) is 11.3 Å². The minimum atomic E-state index is -3.11. The summed E-state index contributed by atoms with van der Waals surface area (Å²) in [6.45, 7) is 0.793. The van der Waals surface area contributed by atoms with Crippen LogP contribution in [0, 0.1) is 5.82 Å². The molecule has 0 spiro atoms. The van der Waals surface area contributed by atoms with Crippen molar-refractivity contribution < 1.29 is 13.2 Å². The molecule has 3 rings (SSSR count). The molecular formula is C16H12ClF3N4. The van der Waals surface area contributed by atoms with Crippen LogP contribution in [0.5, 0.6) is 0 Å². The molecule has 0 saturated carbocycles. The topological polar surface area (TPSA) is 43.6 Å². The van der Waals surface area contributed by atoms with Gasteiger partial charge in [0, 0.05) is 18.7 Å². The molecule has 1 atom stereocenters. The maximum absolute atomic E-state index is 14.1. The Morgan fingerprint density at radius 2 is 1.83 bits per heavy atom. The van der Waals surface area contributed by atoms with Crippen molar-refractivity contribution in [3.8, 4) is 11.3 Å². The highest BCUT2D eigenvalue weighted by Gasteiger charge is 2.37. The minimum absolute atomic E-state index is 0.191. The molecule has 0 fully saturated rings. The third-order valence-electron chi connectivity index (χ3n) is 3.43. The summed E-state index contributed by atoms with van der Waals surface area (Å²) in [5, 5.41) is 4.21. The Hall–Kier alpha value is -2.41. The van der Waals surface area contributed by atoms with Crippen molar-refractivity contribution in [2.24, 2.45) is 0 Å². The molecule has 4 nitrogen and oxygen atoms in total. The van der Waals surface area contributed by atoms with E-state index in [2.05, 4.69) is 15.1 Å². The van der Waals surface area contributed by atoms with Gasteiger partial charge < -0.3 is 0 Å². The van der Waals surface area contributed by atoms with E-state index >= 15 is 0 Å². The second kappa shape index (κ2) is 6.24. The van der Waals surface area contributed by atoms with Crippen LogP contribution < -0.4 is 0 Å². The maximum atomic E-state index is 14.1. The second-order valence-electron chi connectivity index (χ2n) is 5.35. The summed E-state index contributed by atoms with van der Waals surface area (Å²) in [6, 6.07) is 3.54. The largest absolute Gasteiger partial charge is 0.271 e. The molecule has 0 aliphatic heterocycles. The first-order valence-electron chi connectivity index (χ1n) is 7.00. The molecule has 2 heterocycles. The van der Waals surface area contributed by atoms with Gasteiger partial charge in [-0.15, -0.1) is 0 Å². The van der Waals surface area contributed by atoms with Crippen LogP contribution in [0.25, 0.3) is 11.3 Å². The van der Waals surface area contributed by atoms with E-state index in [0.717, 1.165) is 23.7 Å². The van der Waals surface area contributed by atoms with E-state index in [-0.39, 0.29) is 10.7 Å². The highest BCUT2D eigenvalue weighted by Crippen LogP contribution is 2.35. The molecule has 0 amide bonds. The lowest BCUT2D eigenvalue weighted by Crippen LogP contribution is -2.29. The van der Waals surface area contributed by atoms with E-state index in [4.69, 9.17) is 11.6 Å². The molecule has 0 N–H and O–H groups in total. The number of aromatic nitrogens is 4. The molecule has 24 heavy (non-hydrogen) atoms. The first-order chi connectivity index (χ1) is 11.3. The van der Waals surface area contributed by atoms with Crippen molar-refractivity contribution >= 4 is 11.6 Å². The molecule has 1 unspecified atom stereocenters. The number of benzene rings is 1. The molecule has 2 aromatic heterocycles. The van der Waals surface area contributed by atoms with Crippen molar-refractivity contribution in [2.75, 3.05) is 0 Å². The van der Waals surface area contributed by atoms with Crippen molar-refractivity contribution in [2.45, 2.75) is 18.9 Å². The maximum Gasteiger partial charge on any atom is 0.271 e. The lowest BCUT2D eigenvalue weighted by Gasteiger charge is -2.24. The van der Waals surface area contributed by atoms with Gasteiger partial charge in [-0.25, -0.2) is 18.2 Å². The molecule has 0 radical (unpaired) electrons. The smallest absolute Gasteiger partial charge is 0.259 e. The fourth-order valence-electron chi connectivity index (χ4n) is 2.42. The van der Waals surface area contributed by atoms with Crippen LogP contribution in [-0.2, 0) is 0 Å². The predicted octanol–water partition coefficient (Wildman–Crippen LogP) is 4.38. The first-order valence-corrected chi connectivity index (χ1v) is 7.38. The Kier molecular flexibility index (Phi) is 4.28. The van der Waals surface area contributed by atoms with Crippen molar-refractivity contribution in [3.63, 3.8) is 0 Å². The molecule has 3 aromatic rings. The van der Waals surface area contributed by atoms with Gasteiger partial charge in [0.05, 0.1) is 24.3 Å². The van der Waals surface area contributed by atoms with E-state index < -0.39 is 17.8 Å². The van der Waals surface area contributed by atoms with Gasteiger partial charge in [0.2, 0.25) is 0 Å². The first kappa shape index (κ1) is 16.4. The number of nitrogens with zero attached hydrogens (tertiary/aromatic N) is 4. The van der Waals surface area contributed by atoms with Gasteiger partial charge in [0.1, 0.15) is 17.0 Å². The zero-order chi connectivity index (χ0) is 17.3. The van der Waals surface area contributed by atoms with Crippen LogP contribution in [0.3, 0.4) is 0 Å². The van der Waals surface area contributed by atoms with Gasteiger partial charge in [-0.05, 0) is 17.7 Å². The van der Waals surface area contributed by atoms with Gasteiger partial charge in [-0.1, -0.05) is 23.7 Å². The Morgan fingerprint density at radius 3 is 2.46 bits per heavy atom. The predicted molar refractivity (Wildman–Crippen MR) is 83.4 cm³/mol. The Morgan fingerprint density at radius 1 is 1.12 bits per heavy atom. The summed E-state index contributed by atoms with van der Waals surface area (Å²) in [5.41, 5.74) is 1.17. The SMILES string of the molecule is CC(F)(F)C(c1ccc(F)cc1)n1cc(-c2cncc(Cl)n2)cn1. The molecular weight excluding hydrogens is 341 g/mol. The molecule has 124 valence electrons. The monoisotopic (exact) mass is 352 g/mol. The zero-order valence-electron chi connectivity index (χ0n) is 12.5. The Labute approximate surface area is 140 Å². The van der Waals surface area contributed by atoms with Gasteiger partial charge in [0.25, 0.3) is 5.92 Å². The molecule has 0 bridgehead atoms. The van der Waals surface area contributed by atoms with Crippen LogP contribution in [0.4, 0.5) is 13.2 Å². The summed E-state index contributed by atoms with van der Waals surface area (Å²) in [6.07, 6.45) is 5.68. The fraction of sp³-hybridized carbons (Fsp3) is 0.188. The molecule has 0 aliphatic carbocycles. The van der Waals surface area contributed by atoms with Crippen LogP contribution in [0.1, 0.15) is 18.5 Å².